The lowest BCUT2D eigenvalue weighted by molar-refractivity contribution is 0.00162. The highest BCUT2D eigenvalue weighted by molar-refractivity contribution is 7.89. The number of nitrogens with zero attached hydrogens (tertiary/aromatic N) is 1. The van der Waals surface area contributed by atoms with Crippen LogP contribution >= 0.6 is 0 Å². The number of rotatable bonds is 5. The first-order valence-electron chi connectivity index (χ1n) is 6.60. The Morgan fingerprint density at radius 3 is 2.38 bits per heavy atom. The number of sulfonamides is 1. The van der Waals surface area contributed by atoms with Crippen LogP contribution in [0.1, 0.15) is 26.3 Å². The van der Waals surface area contributed by atoms with Gasteiger partial charge in [-0.3, -0.25) is 0 Å². The smallest absolute Gasteiger partial charge is 0.240 e. The number of primary sulfonamides is 1. The van der Waals surface area contributed by atoms with Crippen LogP contribution in [0.4, 0.5) is 10.1 Å². The van der Waals surface area contributed by atoms with Crippen molar-refractivity contribution in [2.24, 2.45) is 5.14 Å². The van der Waals surface area contributed by atoms with E-state index in [1.165, 1.54) is 17.0 Å². The highest BCUT2D eigenvalue weighted by Gasteiger charge is 2.22. The van der Waals surface area contributed by atoms with Crippen molar-refractivity contribution in [2.45, 2.75) is 38.2 Å². The molecule has 0 amide bonds. The Kier molecular flexibility index (Phi) is 5.35. The van der Waals surface area contributed by atoms with E-state index in [0.29, 0.717) is 18.7 Å². The molecule has 0 bridgehead atoms. The van der Waals surface area contributed by atoms with Gasteiger partial charge in [0.15, 0.2) is 5.82 Å². The Labute approximate surface area is 125 Å². The predicted octanol–water partition coefficient (Wildman–Crippen LogP) is 2.03. The molecule has 0 spiro atoms. The largest absolute Gasteiger partial charge is 0.374 e. The predicted molar refractivity (Wildman–Crippen MR) is 81.5 cm³/mol. The third kappa shape index (κ3) is 4.94. The van der Waals surface area contributed by atoms with Crippen molar-refractivity contribution in [1.29, 1.82) is 0 Å². The van der Waals surface area contributed by atoms with E-state index in [9.17, 15) is 12.8 Å². The second-order valence-electron chi connectivity index (χ2n) is 5.97. The maximum Gasteiger partial charge on any atom is 0.240 e. The molecule has 0 aliphatic rings. The molecular weight excluding hydrogens is 295 g/mol. The summed E-state index contributed by atoms with van der Waals surface area (Å²) in [6.45, 7) is 8.00. The third-order valence-corrected chi connectivity index (χ3v) is 3.86. The standard InChI is InChI=1S/C14H23FN2O3S/c1-10-6-7-11(21(16,18)19)13(12(10)15)17(5)8-9-20-14(2,3)4/h6-7H,8-9H2,1-5H3,(H2,16,18,19). The van der Waals surface area contributed by atoms with Gasteiger partial charge in [-0.05, 0) is 39.3 Å². The van der Waals surface area contributed by atoms with Gasteiger partial charge in [-0.1, -0.05) is 6.07 Å². The summed E-state index contributed by atoms with van der Waals surface area (Å²) in [5, 5.41) is 5.16. The number of nitrogens with two attached hydrogens (primary N) is 1. The zero-order chi connectivity index (χ0) is 16.4. The molecule has 0 heterocycles. The fourth-order valence-corrected chi connectivity index (χ4v) is 2.61. The Morgan fingerprint density at radius 2 is 1.90 bits per heavy atom. The summed E-state index contributed by atoms with van der Waals surface area (Å²) in [7, 11) is -2.38. The fourth-order valence-electron chi connectivity index (χ4n) is 1.83. The molecular formula is C14H23FN2O3S. The van der Waals surface area contributed by atoms with Crippen molar-refractivity contribution in [3.63, 3.8) is 0 Å². The quantitative estimate of drug-likeness (QED) is 0.901. The van der Waals surface area contributed by atoms with Crippen LogP contribution in [0.15, 0.2) is 17.0 Å². The van der Waals surface area contributed by atoms with Gasteiger partial charge in [-0.15, -0.1) is 0 Å². The number of aryl methyl sites for hydroxylation is 1. The third-order valence-electron chi connectivity index (χ3n) is 2.92. The van der Waals surface area contributed by atoms with E-state index in [2.05, 4.69) is 0 Å². The van der Waals surface area contributed by atoms with Gasteiger partial charge in [-0.2, -0.15) is 0 Å². The molecule has 0 saturated carbocycles. The zero-order valence-corrected chi connectivity index (χ0v) is 13.9. The second kappa shape index (κ2) is 6.29. The lowest BCUT2D eigenvalue weighted by Gasteiger charge is -2.26. The van der Waals surface area contributed by atoms with Crippen molar-refractivity contribution in [1.82, 2.24) is 0 Å². The summed E-state index contributed by atoms with van der Waals surface area (Å²) < 4.78 is 43.1. The first-order valence-corrected chi connectivity index (χ1v) is 8.15. The minimum absolute atomic E-state index is 0.0185. The average Bonchev–Trinajstić information content (AvgIpc) is 2.29. The maximum atomic E-state index is 14.3. The summed E-state index contributed by atoms with van der Waals surface area (Å²) in [5.74, 6) is -0.584. The molecule has 5 nitrogen and oxygen atoms in total. The first-order chi connectivity index (χ1) is 9.43. The number of hydrogen-bond acceptors (Lipinski definition) is 4. The van der Waals surface area contributed by atoms with Gasteiger partial charge in [0.1, 0.15) is 4.90 Å². The molecule has 0 atom stereocenters. The number of anilines is 1. The molecule has 0 unspecified atom stereocenters. The Bertz CT molecular complexity index is 609. The van der Waals surface area contributed by atoms with E-state index < -0.39 is 15.8 Å². The molecule has 0 saturated heterocycles. The molecule has 21 heavy (non-hydrogen) atoms. The molecule has 0 aliphatic heterocycles. The monoisotopic (exact) mass is 318 g/mol. The molecule has 0 radical (unpaired) electrons. The van der Waals surface area contributed by atoms with Crippen molar-refractivity contribution < 1.29 is 17.5 Å². The van der Waals surface area contributed by atoms with Crippen LogP contribution in [0.3, 0.4) is 0 Å². The van der Waals surface area contributed by atoms with E-state index >= 15 is 0 Å². The lowest BCUT2D eigenvalue weighted by atomic mass is 10.2. The summed E-state index contributed by atoms with van der Waals surface area (Å²) in [6, 6.07) is 2.72. The van der Waals surface area contributed by atoms with Gasteiger partial charge in [0.25, 0.3) is 0 Å². The van der Waals surface area contributed by atoms with Gasteiger partial charge in [0, 0.05) is 13.6 Å². The number of likely N-dealkylation sites (N-methyl/N-ethyl adjacent to an activating group) is 1. The number of ether oxygens (including phenoxy) is 1. The summed E-state index contributed by atoms with van der Waals surface area (Å²) in [5.41, 5.74) is 0.0328. The van der Waals surface area contributed by atoms with Crippen molar-refractivity contribution >= 4 is 15.7 Å². The van der Waals surface area contributed by atoms with E-state index in [0.717, 1.165) is 0 Å². The zero-order valence-electron chi connectivity index (χ0n) is 13.1. The van der Waals surface area contributed by atoms with E-state index in [-0.39, 0.29) is 16.2 Å². The van der Waals surface area contributed by atoms with Crippen molar-refractivity contribution in [2.75, 3.05) is 25.1 Å². The minimum atomic E-state index is -3.99. The van der Waals surface area contributed by atoms with E-state index in [1.54, 1.807) is 14.0 Å². The SMILES string of the molecule is Cc1ccc(S(N)(=O)=O)c(N(C)CCOC(C)(C)C)c1F. The van der Waals surface area contributed by atoms with Crippen LogP contribution < -0.4 is 10.0 Å². The van der Waals surface area contributed by atoms with Crippen molar-refractivity contribution in [3.05, 3.63) is 23.5 Å². The summed E-state index contributed by atoms with van der Waals surface area (Å²) in [6.07, 6.45) is 0. The maximum absolute atomic E-state index is 14.3. The van der Waals surface area contributed by atoms with E-state index in [4.69, 9.17) is 9.88 Å². The molecule has 7 heteroatoms. The molecule has 120 valence electrons. The van der Waals surface area contributed by atoms with Crippen LogP contribution in [0.2, 0.25) is 0 Å². The normalized spacial score (nSPS) is 12.5. The molecule has 1 aromatic rings. The van der Waals surface area contributed by atoms with Crippen LogP contribution in [-0.4, -0.2) is 34.2 Å². The molecule has 0 aromatic heterocycles. The molecule has 0 aliphatic carbocycles. The topological polar surface area (TPSA) is 72.6 Å². The van der Waals surface area contributed by atoms with Gasteiger partial charge >= 0.3 is 0 Å². The lowest BCUT2D eigenvalue weighted by Crippen LogP contribution is -2.30. The highest BCUT2D eigenvalue weighted by Crippen LogP contribution is 2.29. The van der Waals surface area contributed by atoms with Crippen molar-refractivity contribution in [3.8, 4) is 0 Å². The van der Waals surface area contributed by atoms with Gasteiger partial charge in [-0.25, -0.2) is 17.9 Å². The van der Waals surface area contributed by atoms with Crippen LogP contribution in [0.5, 0.6) is 0 Å². The van der Waals surface area contributed by atoms with Gasteiger partial charge in [0.2, 0.25) is 10.0 Å². The highest BCUT2D eigenvalue weighted by atomic mass is 32.2. The van der Waals surface area contributed by atoms with Gasteiger partial charge in [0.05, 0.1) is 17.9 Å². The first kappa shape index (κ1) is 17.9. The average molecular weight is 318 g/mol. The molecule has 0 fully saturated rings. The minimum Gasteiger partial charge on any atom is -0.374 e. The Hall–Kier alpha value is -1.18. The fraction of sp³-hybridized carbons (Fsp3) is 0.571. The van der Waals surface area contributed by atoms with Crippen LogP contribution in [-0.2, 0) is 14.8 Å². The molecule has 1 rings (SSSR count). The number of hydrogen-bond donors (Lipinski definition) is 1. The second-order valence-corrected chi connectivity index (χ2v) is 7.50. The molecule has 2 N–H and O–H groups in total. The summed E-state index contributed by atoms with van der Waals surface area (Å²) in [4.78, 5) is 1.29. The number of benzene rings is 1. The van der Waals surface area contributed by atoms with E-state index in [1.807, 2.05) is 20.8 Å². The molecule has 1 aromatic carbocycles. The van der Waals surface area contributed by atoms with Crippen LogP contribution in [0, 0.1) is 12.7 Å². The Morgan fingerprint density at radius 1 is 1.33 bits per heavy atom. The van der Waals surface area contributed by atoms with Gasteiger partial charge < -0.3 is 9.64 Å². The Balaban J connectivity index is 3.08. The van der Waals surface area contributed by atoms with Crippen LogP contribution in [0.25, 0.3) is 0 Å². The number of halogens is 1. The summed E-state index contributed by atoms with van der Waals surface area (Å²) >= 11 is 0.